The third-order valence-electron chi connectivity index (χ3n) is 6.11. The standard InChI is InChI=1S/C19H26FN3O2/c20-16-12-21-8-4-17(16)22-9-6-19(7-10-22)5-3-18(24)23(14-19)13-15-2-1-11-25-15/h4,8,12,15H,1-3,5-7,9-11,13-14H2/t15-/m0/s1. The number of ether oxygens (including phenoxy) is 1. The summed E-state index contributed by atoms with van der Waals surface area (Å²) in [5.41, 5.74) is 0.833. The molecule has 4 rings (SSSR count). The van der Waals surface area contributed by atoms with Crippen LogP contribution in [0.2, 0.25) is 0 Å². The first-order chi connectivity index (χ1) is 12.2. The molecule has 1 spiro atoms. The number of halogens is 1. The van der Waals surface area contributed by atoms with E-state index < -0.39 is 0 Å². The van der Waals surface area contributed by atoms with Gasteiger partial charge in [0.05, 0.1) is 18.0 Å². The monoisotopic (exact) mass is 347 g/mol. The fourth-order valence-corrected chi connectivity index (χ4v) is 4.56. The highest BCUT2D eigenvalue weighted by molar-refractivity contribution is 5.77. The lowest BCUT2D eigenvalue weighted by atomic mass is 9.72. The molecule has 5 nitrogen and oxygen atoms in total. The van der Waals surface area contributed by atoms with Crippen molar-refractivity contribution in [2.45, 2.75) is 44.6 Å². The molecule has 4 heterocycles. The van der Waals surface area contributed by atoms with Crippen molar-refractivity contribution in [1.29, 1.82) is 0 Å². The number of rotatable bonds is 3. The van der Waals surface area contributed by atoms with E-state index in [1.54, 1.807) is 12.3 Å². The van der Waals surface area contributed by atoms with Crippen LogP contribution in [0.4, 0.5) is 10.1 Å². The molecule has 136 valence electrons. The van der Waals surface area contributed by atoms with E-state index in [4.69, 9.17) is 4.74 Å². The number of likely N-dealkylation sites (tertiary alicyclic amines) is 1. The maximum atomic E-state index is 14.0. The Balaban J connectivity index is 1.39. The number of pyridine rings is 1. The number of hydrogen-bond acceptors (Lipinski definition) is 4. The summed E-state index contributed by atoms with van der Waals surface area (Å²) in [7, 11) is 0. The lowest BCUT2D eigenvalue weighted by molar-refractivity contribution is -0.140. The highest BCUT2D eigenvalue weighted by Gasteiger charge is 2.41. The van der Waals surface area contributed by atoms with Gasteiger partial charge < -0.3 is 14.5 Å². The molecule has 3 aliphatic heterocycles. The lowest BCUT2D eigenvalue weighted by Crippen LogP contribution is -2.53. The molecular weight excluding hydrogens is 321 g/mol. The van der Waals surface area contributed by atoms with Crippen LogP contribution >= 0.6 is 0 Å². The van der Waals surface area contributed by atoms with Crippen molar-refractivity contribution in [3.8, 4) is 0 Å². The van der Waals surface area contributed by atoms with Crippen molar-refractivity contribution in [1.82, 2.24) is 9.88 Å². The maximum absolute atomic E-state index is 14.0. The Morgan fingerprint density at radius 2 is 2.16 bits per heavy atom. The molecule has 0 saturated carbocycles. The Labute approximate surface area is 148 Å². The first-order valence-electron chi connectivity index (χ1n) is 9.39. The van der Waals surface area contributed by atoms with Gasteiger partial charge in [-0.25, -0.2) is 4.39 Å². The summed E-state index contributed by atoms with van der Waals surface area (Å²) in [6.45, 7) is 4.07. The predicted molar refractivity (Wildman–Crippen MR) is 92.9 cm³/mol. The van der Waals surface area contributed by atoms with Crippen LogP contribution in [0.1, 0.15) is 38.5 Å². The number of piperidine rings is 2. The second-order valence-corrected chi connectivity index (χ2v) is 7.72. The summed E-state index contributed by atoms with van der Waals surface area (Å²) in [6, 6.07) is 1.75. The third-order valence-corrected chi connectivity index (χ3v) is 6.11. The normalized spacial score (nSPS) is 26.4. The van der Waals surface area contributed by atoms with E-state index in [0.29, 0.717) is 12.1 Å². The van der Waals surface area contributed by atoms with Crippen molar-refractivity contribution in [2.24, 2.45) is 5.41 Å². The lowest BCUT2D eigenvalue weighted by Gasteiger charge is -2.48. The number of carbonyl (C=O) groups excluding carboxylic acids is 1. The molecule has 3 fully saturated rings. The van der Waals surface area contributed by atoms with Gasteiger partial charge in [-0.3, -0.25) is 9.78 Å². The number of hydrogen-bond donors (Lipinski definition) is 0. The van der Waals surface area contributed by atoms with Gasteiger partial charge in [-0.2, -0.15) is 0 Å². The van der Waals surface area contributed by atoms with Crippen molar-refractivity contribution in [3.63, 3.8) is 0 Å². The molecule has 25 heavy (non-hydrogen) atoms. The van der Waals surface area contributed by atoms with E-state index in [-0.39, 0.29) is 23.2 Å². The smallest absolute Gasteiger partial charge is 0.222 e. The average Bonchev–Trinajstić information content (AvgIpc) is 3.13. The van der Waals surface area contributed by atoms with Crippen molar-refractivity contribution in [3.05, 3.63) is 24.3 Å². The molecule has 3 aliphatic rings. The molecule has 0 bridgehead atoms. The van der Waals surface area contributed by atoms with Gasteiger partial charge in [0.2, 0.25) is 5.91 Å². The number of anilines is 1. The van der Waals surface area contributed by atoms with E-state index in [9.17, 15) is 9.18 Å². The van der Waals surface area contributed by atoms with Gasteiger partial charge in [0.25, 0.3) is 0 Å². The minimum Gasteiger partial charge on any atom is -0.376 e. The second kappa shape index (κ2) is 6.90. The predicted octanol–water partition coefficient (Wildman–Crippen LogP) is 2.61. The van der Waals surface area contributed by atoms with Gasteiger partial charge in [0.1, 0.15) is 0 Å². The van der Waals surface area contributed by atoms with Crippen molar-refractivity contribution < 1.29 is 13.9 Å². The third kappa shape index (κ3) is 3.50. The Morgan fingerprint density at radius 1 is 1.32 bits per heavy atom. The zero-order chi connectivity index (χ0) is 17.3. The SMILES string of the molecule is O=C1CCC2(CCN(c3ccncc3F)CC2)CN1C[C@@H]1CCCO1. The van der Waals surface area contributed by atoms with Gasteiger partial charge in [0.15, 0.2) is 5.82 Å². The average molecular weight is 347 g/mol. The molecule has 1 aromatic rings. The minimum atomic E-state index is -0.253. The molecule has 1 atom stereocenters. The summed E-state index contributed by atoms with van der Waals surface area (Å²) in [6.07, 6.45) is 8.90. The van der Waals surface area contributed by atoms with Crippen LogP contribution in [-0.4, -0.2) is 54.7 Å². The zero-order valence-corrected chi connectivity index (χ0v) is 14.6. The van der Waals surface area contributed by atoms with Crippen molar-refractivity contribution >= 4 is 11.6 Å². The Morgan fingerprint density at radius 3 is 2.88 bits per heavy atom. The van der Waals surface area contributed by atoms with Crippen LogP contribution in [0.15, 0.2) is 18.5 Å². The number of aromatic nitrogens is 1. The molecule has 6 heteroatoms. The quantitative estimate of drug-likeness (QED) is 0.843. The van der Waals surface area contributed by atoms with Gasteiger partial charge in [-0.1, -0.05) is 0 Å². The first kappa shape index (κ1) is 16.8. The van der Waals surface area contributed by atoms with Crippen molar-refractivity contribution in [2.75, 3.05) is 37.7 Å². The molecule has 1 amide bonds. The molecule has 3 saturated heterocycles. The Hall–Kier alpha value is -1.69. The summed E-state index contributed by atoms with van der Waals surface area (Å²) >= 11 is 0. The molecule has 0 aliphatic carbocycles. The zero-order valence-electron chi connectivity index (χ0n) is 14.6. The minimum absolute atomic E-state index is 0.187. The summed E-state index contributed by atoms with van der Waals surface area (Å²) in [5.74, 6) is 0.0148. The topological polar surface area (TPSA) is 45.7 Å². The van der Waals surface area contributed by atoms with Gasteiger partial charge >= 0.3 is 0 Å². The van der Waals surface area contributed by atoms with E-state index in [0.717, 1.165) is 64.9 Å². The van der Waals surface area contributed by atoms with E-state index in [1.165, 1.54) is 6.20 Å². The van der Waals surface area contributed by atoms with Crippen LogP contribution in [-0.2, 0) is 9.53 Å². The maximum Gasteiger partial charge on any atom is 0.222 e. The number of amides is 1. The van der Waals surface area contributed by atoms with Crippen LogP contribution in [0, 0.1) is 11.2 Å². The van der Waals surface area contributed by atoms with Gasteiger partial charge in [-0.15, -0.1) is 0 Å². The molecular formula is C19H26FN3O2. The van der Waals surface area contributed by atoms with E-state index in [1.807, 2.05) is 4.90 Å². The molecule has 0 unspecified atom stereocenters. The van der Waals surface area contributed by atoms with Gasteiger partial charge in [0, 0.05) is 45.4 Å². The van der Waals surface area contributed by atoms with Crippen LogP contribution in [0.5, 0.6) is 0 Å². The fraction of sp³-hybridized carbons (Fsp3) is 0.684. The molecule has 0 N–H and O–H groups in total. The fourth-order valence-electron chi connectivity index (χ4n) is 4.56. The number of carbonyl (C=O) groups is 1. The Bertz CT molecular complexity index is 625. The number of nitrogens with zero attached hydrogens (tertiary/aromatic N) is 3. The molecule has 1 aromatic heterocycles. The highest BCUT2D eigenvalue weighted by atomic mass is 19.1. The largest absolute Gasteiger partial charge is 0.376 e. The van der Waals surface area contributed by atoms with Crippen LogP contribution in [0.25, 0.3) is 0 Å². The second-order valence-electron chi connectivity index (χ2n) is 7.72. The summed E-state index contributed by atoms with van der Waals surface area (Å²) < 4.78 is 19.7. The molecule has 0 aromatic carbocycles. The van der Waals surface area contributed by atoms with Crippen LogP contribution in [0.3, 0.4) is 0 Å². The van der Waals surface area contributed by atoms with Gasteiger partial charge in [-0.05, 0) is 43.6 Å². The summed E-state index contributed by atoms with van der Waals surface area (Å²) in [4.78, 5) is 20.3. The summed E-state index contributed by atoms with van der Waals surface area (Å²) in [5, 5.41) is 0. The van der Waals surface area contributed by atoms with E-state index in [2.05, 4.69) is 9.88 Å². The first-order valence-corrected chi connectivity index (χ1v) is 9.39. The Kier molecular flexibility index (Phi) is 4.63. The van der Waals surface area contributed by atoms with Crippen LogP contribution < -0.4 is 4.90 Å². The highest BCUT2D eigenvalue weighted by Crippen LogP contribution is 2.41. The molecule has 0 radical (unpaired) electrons. The van der Waals surface area contributed by atoms with E-state index >= 15 is 0 Å².